The molecule has 160 valence electrons. The maximum atomic E-state index is 14.9. The first-order valence-corrected chi connectivity index (χ1v) is 9.98. The third-order valence-electron chi connectivity index (χ3n) is 5.64. The zero-order valence-electron chi connectivity index (χ0n) is 16.4. The minimum Gasteiger partial charge on any atom is -0.468 e. The van der Waals surface area contributed by atoms with E-state index < -0.39 is 18.3 Å². The Kier molecular flexibility index (Phi) is 5.89. The molecule has 1 aromatic carbocycles. The molecule has 2 fully saturated rings. The van der Waals surface area contributed by atoms with Gasteiger partial charge in [0.05, 0.1) is 31.6 Å². The Morgan fingerprint density at radius 2 is 2.07 bits per heavy atom. The van der Waals surface area contributed by atoms with Crippen LogP contribution >= 0.6 is 0 Å². The summed E-state index contributed by atoms with van der Waals surface area (Å²) in [6, 6.07) is 8.66. The summed E-state index contributed by atoms with van der Waals surface area (Å²) in [6.07, 6.45) is 0.979. The zero-order chi connectivity index (χ0) is 21.1. The molecule has 0 spiro atoms. The second-order valence-electron chi connectivity index (χ2n) is 7.64. The molecule has 4 rings (SSSR count). The lowest BCUT2D eigenvalue weighted by molar-refractivity contribution is 0.136. The Morgan fingerprint density at radius 3 is 2.73 bits per heavy atom. The van der Waals surface area contributed by atoms with Gasteiger partial charge in [0.2, 0.25) is 0 Å². The lowest BCUT2D eigenvalue weighted by Gasteiger charge is -2.31. The molecule has 9 heteroatoms. The van der Waals surface area contributed by atoms with Crippen molar-refractivity contribution in [2.24, 2.45) is 0 Å². The average molecular weight is 417 g/mol. The van der Waals surface area contributed by atoms with Crippen molar-refractivity contribution < 1.29 is 28.2 Å². The number of amides is 2. The van der Waals surface area contributed by atoms with Gasteiger partial charge in [0.25, 0.3) is 0 Å². The lowest BCUT2D eigenvalue weighted by atomic mass is 9.89. The van der Waals surface area contributed by atoms with Gasteiger partial charge in [-0.15, -0.1) is 0 Å². The second-order valence-corrected chi connectivity index (χ2v) is 7.64. The zero-order valence-corrected chi connectivity index (χ0v) is 16.4. The van der Waals surface area contributed by atoms with Crippen LogP contribution in [0.5, 0.6) is 0 Å². The van der Waals surface area contributed by atoms with E-state index in [1.165, 1.54) is 11.0 Å². The molecule has 1 atom stereocenters. The van der Waals surface area contributed by atoms with Crippen LogP contribution < -0.4 is 10.2 Å². The molecule has 2 N–H and O–H groups in total. The van der Waals surface area contributed by atoms with Crippen molar-refractivity contribution in [3.8, 4) is 0 Å². The van der Waals surface area contributed by atoms with E-state index >= 15 is 0 Å². The van der Waals surface area contributed by atoms with Gasteiger partial charge in [-0.2, -0.15) is 0 Å². The number of cyclic esters (lactones) is 1. The van der Waals surface area contributed by atoms with Crippen molar-refractivity contribution in [2.45, 2.75) is 31.4 Å². The summed E-state index contributed by atoms with van der Waals surface area (Å²) >= 11 is 0. The Morgan fingerprint density at radius 1 is 1.27 bits per heavy atom. The number of anilines is 1. The fourth-order valence-corrected chi connectivity index (χ4v) is 4.08. The molecule has 0 unspecified atom stereocenters. The van der Waals surface area contributed by atoms with Crippen molar-refractivity contribution in [1.82, 2.24) is 10.2 Å². The Bertz CT molecular complexity index is 896. The topological polar surface area (TPSA) is 95.3 Å². The molecule has 1 aromatic heterocycles. The van der Waals surface area contributed by atoms with E-state index in [4.69, 9.17) is 14.3 Å². The maximum absolute atomic E-state index is 14.9. The molecule has 0 saturated carbocycles. The number of carbonyl (C=O) groups is 2. The Labute approximate surface area is 173 Å². The fourth-order valence-electron chi connectivity index (χ4n) is 4.08. The minimum atomic E-state index is -1.19. The number of hydrogen-bond acceptors (Lipinski definition) is 5. The third-order valence-corrected chi connectivity index (χ3v) is 5.64. The summed E-state index contributed by atoms with van der Waals surface area (Å²) in [5.74, 6) is 0.722. The molecule has 2 amide bonds. The number of ether oxygens (including phenoxy) is 1. The second kappa shape index (κ2) is 8.74. The van der Waals surface area contributed by atoms with Gasteiger partial charge in [-0.25, -0.2) is 14.0 Å². The van der Waals surface area contributed by atoms with Crippen LogP contribution in [0.15, 0.2) is 41.0 Å². The van der Waals surface area contributed by atoms with Gasteiger partial charge in [-0.05, 0) is 61.7 Å². The van der Waals surface area contributed by atoms with Gasteiger partial charge in [0, 0.05) is 0 Å². The smallest absolute Gasteiger partial charge is 0.414 e. The van der Waals surface area contributed by atoms with Crippen molar-refractivity contribution in [3.05, 3.63) is 53.7 Å². The highest BCUT2D eigenvalue weighted by Gasteiger charge is 2.33. The number of rotatable bonds is 6. The average Bonchev–Trinajstić information content (AvgIpc) is 3.36. The molecule has 2 aliphatic rings. The predicted octanol–water partition coefficient (Wildman–Crippen LogP) is 3.39. The fraction of sp³-hybridized carbons (Fsp3) is 0.429. The van der Waals surface area contributed by atoms with Gasteiger partial charge in [-0.1, -0.05) is 6.07 Å². The van der Waals surface area contributed by atoms with Crippen LogP contribution in [0.2, 0.25) is 0 Å². The first-order valence-electron chi connectivity index (χ1n) is 9.98. The standard InChI is InChI=1S/C21H24FN3O5/c22-19-10-15(25-13-17(30-21(25)28)11-23-20(26)27)3-4-18(19)14-5-7-24(8-6-14)12-16-2-1-9-29-16/h1-4,9-10,14,17,23H,5-8,11-13H2,(H,26,27)/t17-/m0/s1. The van der Waals surface area contributed by atoms with Crippen LogP contribution in [0.4, 0.5) is 19.7 Å². The first kappa shape index (κ1) is 20.2. The minimum absolute atomic E-state index is 0.00524. The number of nitrogens with zero attached hydrogens (tertiary/aromatic N) is 2. The summed E-state index contributed by atoms with van der Waals surface area (Å²) < 4.78 is 25.4. The number of furan rings is 1. The summed E-state index contributed by atoms with van der Waals surface area (Å²) in [5, 5.41) is 10.9. The number of hydrogen-bond donors (Lipinski definition) is 2. The highest BCUT2D eigenvalue weighted by atomic mass is 19.1. The summed E-state index contributed by atoms with van der Waals surface area (Å²) in [6.45, 7) is 2.65. The van der Waals surface area contributed by atoms with Crippen LogP contribution in [0.25, 0.3) is 0 Å². The molecule has 0 bridgehead atoms. The van der Waals surface area contributed by atoms with Gasteiger partial charge in [0.15, 0.2) is 0 Å². The number of piperidine rings is 1. The number of carbonyl (C=O) groups excluding carboxylic acids is 1. The van der Waals surface area contributed by atoms with Crippen LogP contribution in [0.1, 0.15) is 30.1 Å². The van der Waals surface area contributed by atoms with E-state index in [1.807, 2.05) is 12.1 Å². The number of halogens is 1. The van der Waals surface area contributed by atoms with E-state index in [0.717, 1.165) is 38.2 Å². The van der Waals surface area contributed by atoms with Crippen molar-refractivity contribution in [3.63, 3.8) is 0 Å². The maximum Gasteiger partial charge on any atom is 0.414 e. The van der Waals surface area contributed by atoms with Gasteiger partial charge >= 0.3 is 12.2 Å². The summed E-state index contributed by atoms with van der Waals surface area (Å²) in [7, 11) is 0. The number of nitrogens with one attached hydrogen (secondary N) is 1. The number of carboxylic acid groups (broad SMARTS) is 1. The van der Waals surface area contributed by atoms with Crippen LogP contribution in [0, 0.1) is 5.82 Å². The molecular weight excluding hydrogens is 393 g/mol. The van der Waals surface area contributed by atoms with Crippen LogP contribution in [-0.4, -0.2) is 54.5 Å². The highest BCUT2D eigenvalue weighted by Crippen LogP contribution is 2.33. The van der Waals surface area contributed by atoms with E-state index in [1.54, 1.807) is 18.4 Å². The molecule has 0 aliphatic carbocycles. The molecule has 2 saturated heterocycles. The molecule has 2 aromatic rings. The van der Waals surface area contributed by atoms with Crippen LogP contribution in [0.3, 0.4) is 0 Å². The van der Waals surface area contributed by atoms with Crippen LogP contribution in [-0.2, 0) is 11.3 Å². The normalized spacial score (nSPS) is 20.4. The van der Waals surface area contributed by atoms with E-state index in [2.05, 4.69) is 10.2 Å². The molecule has 8 nitrogen and oxygen atoms in total. The lowest BCUT2D eigenvalue weighted by Crippen LogP contribution is -2.33. The molecule has 0 radical (unpaired) electrons. The Hall–Kier alpha value is -3.07. The van der Waals surface area contributed by atoms with E-state index in [0.29, 0.717) is 11.3 Å². The molecule has 2 aliphatic heterocycles. The molecule has 30 heavy (non-hydrogen) atoms. The predicted molar refractivity (Wildman–Crippen MR) is 106 cm³/mol. The van der Waals surface area contributed by atoms with Gasteiger partial charge < -0.3 is 19.6 Å². The quantitative estimate of drug-likeness (QED) is 0.748. The number of likely N-dealkylation sites (tertiary alicyclic amines) is 1. The monoisotopic (exact) mass is 417 g/mol. The Balaban J connectivity index is 1.35. The largest absolute Gasteiger partial charge is 0.468 e. The highest BCUT2D eigenvalue weighted by molar-refractivity contribution is 5.89. The number of benzene rings is 1. The summed E-state index contributed by atoms with van der Waals surface area (Å²) in [5.41, 5.74) is 1.07. The van der Waals surface area contributed by atoms with Crippen molar-refractivity contribution in [2.75, 3.05) is 31.1 Å². The van der Waals surface area contributed by atoms with E-state index in [9.17, 15) is 14.0 Å². The SMILES string of the molecule is O=C(O)NC[C@H]1CN(c2ccc(C3CCN(Cc4ccco4)CC3)c(F)c2)C(=O)O1. The summed E-state index contributed by atoms with van der Waals surface area (Å²) in [4.78, 5) is 26.3. The first-order chi connectivity index (χ1) is 14.5. The molecular formula is C21H24FN3O5. The van der Waals surface area contributed by atoms with Crippen molar-refractivity contribution >= 4 is 17.9 Å². The third kappa shape index (κ3) is 4.56. The molecule has 3 heterocycles. The van der Waals surface area contributed by atoms with E-state index in [-0.39, 0.29) is 24.8 Å². The van der Waals surface area contributed by atoms with Gasteiger partial charge in [-0.3, -0.25) is 9.80 Å². The van der Waals surface area contributed by atoms with Crippen molar-refractivity contribution in [1.29, 1.82) is 0 Å². The van der Waals surface area contributed by atoms with Gasteiger partial charge in [0.1, 0.15) is 17.7 Å².